The van der Waals surface area contributed by atoms with E-state index in [1.165, 1.54) is 72.3 Å². The van der Waals surface area contributed by atoms with Crippen LogP contribution >= 0.6 is 0 Å². The number of benzene rings is 22. The minimum atomic E-state index is -0.761. The maximum atomic E-state index is 2.74. The van der Waals surface area contributed by atoms with E-state index in [1.807, 2.05) is 60.7 Å². The molecule has 0 saturated carbocycles. The molecule has 46 rings (SSSR count). The van der Waals surface area contributed by atoms with Crippen molar-refractivity contribution >= 4 is 194 Å². The number of allylic oxidation sites excluding steroid dienone is 2. The zero-order valence-corrected chi connectivity index (χ0v) is 74.3. The van der Waals surface area contributed by atoms with Gasteiger partial charge in [0.15, 0.2) is 0 Å². The quantitative estimate of drug-likeness (QED) is 0.0646. The summed E-state index contributed by atoms with van der Waals surface area (Å²) in [6, 6.07) is 96.3. The second-order valence-corrected chi connectivity index (χ2v) is 43.6. The van der Waals surface area contributed by atoms with Gasteiger partial charge in [-0.25, -0.2) is 24.3 Å². The first-order chi connectivity index (χ1) is 63.2. The van der Waals surface area contributed by atoms with Crippen LogP contribution < -0.4 is 5.22 Å². The standard InChI is InChI=1S/C118H48.2C5H5.2Ru/c1-36-12-24-43(25-13-36)113-92-67-56-53-51-50-49-52-55(53)68(92)78-63-60(52)66-62-54(49)59-57(50)75-76-58(51)61(56)74-71-64(67)79-87-83-84-88-80-65-72-82-85-86-73(65)96(84)116(46-30-18-39(4)19-31-46)103(86)109-90-89(104(100(78)113)118(109,111(105(79)113)108(87)116)48-34-22-41(6)23-35-48)70(63)91(66)112(97(85)90,42-10-8-7-9-11-42)93(82)69(62)81-77(59)99-102(75)117(47-32-20-40(5)21-33-47)101(76)98(74)115(94(71)83,45-28-16-38(3)17-29-45)107(88)110(117)106(80)114(99,95(72)81)44-26-14-37(2)15-27-44;2*1-2-4-5-3-1;;/h7-35,91H,1-6H3;2*1-5H;;/q;2*-1;2*+1/t91-,112?,113?,114?,115+,116+,117+,118-;;;;/m1..../s1. The molecular formula is C128H58Ru2. The van der Waals surface area contributed by atoms with Crippen molar-refractivity contribution in [1.29, 1.82) is 0 Å². The fraction of sp³-hybridized carbons (Fsp3) is 0.109. The molecule has 0 aromatic heterocycles. The van der Waals surface area contributed by atoms with E-state index in [9.17, 15) is 0 Å². The Morgan fingerprint density at radius 1 is 0.177 bits per heavy atom. The van der Waals surface area contributed by atoms with Crippen molar-refractivity contribution in [3.8, 4) is 11.1 Å². The fourth-order valence-corrected chi connectivity index (χ4v) is 38.4. The Morgan fingerprint density at radius 3 is 0.962 bits per heavy atom. The third kappa shape index (κ3) is 4.56. The topological polar surface area (TPSA) is 0 Å². The molecule has 3 unspecified atom stereocenters. The Balaban J connectivity index is 0.000000543. The van der Waals surface area contributed by atoms with Crippen LogP contribution in [0.3, 0.4) is 0 Å². The molecule has 0 fully saturated rings. The van der Waals surface area contributed by atoms with E-state index in [2.05, 4.69) is 217 Å². The fourth-order valence-electron chi connectivity index (χ4n) is 38.4. The average Bonchev–Trinajstić information content (AvgIpc) is 1.37. The van der Waals surface area contributed by atoms with Crippen molar-refractivity contribution in [3.05, 3.63) is 441 Å². The van der Waals surface area contributed by atoms with Crippen LogP contribution in [0, 0.1) is 52.0 Å². The van der Waals surface area contributed by atoms with Gasteiger partial charge in [-0.3, -0.25) is 0 Å². The Kier molecular flexibility index (Phi) is 8.44. The van der Waals surface area contributed by atoms with Crippen LogP contribution in [0.15, 0.2) is 242 Å². The molecule has 27 aromatic rings. The number of rotatable bonds is 7. The predicted octanol–water partition coefficient (Wildman–Crippen LogP) is 28.3. The molecule has 0 amide bonds. The minimum Gasteiger partial charge on any atom is -0.214 e. The maximum absolute atomic E-state index is 2.74. The zero-order valence-electron chi connectivity index (χ0n) is 70.8. The van der Waals surface area contributed by atoms with Gasteiger partial charge < -0.3 is 0 Å². The number of hydrogen-bond donors (Lipinski definition) is 0. The monoisotopic (exact) mass is 1800 g/mol. The SMILES string of the molecule is Cc1ccc(C23C4=C5C6=c7c4c4c8c9c7=c7c%10c%11c%12c(c%13c%14c%15c(c2c2c%16c3c4c3c4c%16c%16c%17c%18c%19c%20c%21c%22c%23c%19c%19c%24c(c%11c%11c(c%25c(c7%11)[C@]9(c7ccc(C)cc7)c7c(c-%21c(c3c78)C4(c3ccccc3)[C@@H]%20%17)[C@@]%22%25c3ccc(C)cc3)C%23%24c3ccc(C)cc3)c3c%12c%14c4c3c%19c%18c3c%16c2c%15c34)[C@@]5%13c2ccc(C)cc2)[C@@]6%10c2ccc(C)cc2)cc1.[Ru+].[Ru+].c1cc[cH-]c1.c1cc[cH-]c1. The summed E-state index contributed by atoms with van der Waals surface area (Å²) in [5, 5.41) is 59.9. The molecule has 0 bridgehead atoms. The molecule has 0 saturated heterocycles. The van der Waals surface area contributed by atoms with Crippen molar-refractivity contribution in [2.75, 3.05) is 0 Å². The Bertz CT molecular complexity index is 11200. The average molecular weight is 1800 g/mol. The minimum absolute atomic E-state index is 0. The summed E-state index contributed by atoms with van der Waals surface area (Å²) in [5.41, 5.74) is 54.7. The van der Waals surface area contributed by atoms with Crippen molar-refractivity contribution in [1.82, 2.24) is 0 Å². The molecule has 2 radical (unpaired) electrons. The van der Waals surface area contributed by atoms with Crippen LogP contribution in [0.25, 0.3) is 205 Å². The molecule has 19 aliphatic rings. The summed E-state index contributed by atoms with van der Waals surface area (Å²) < 4.78 is 0. The molecule has 586 valence electrons. The van der Waals surface area contributed by atoms with Gasteiger partial charge in [0.05, 0.1) is 37.9 Å². The van der Waals surface area contributed by atoms with E-state index >= 15 is 0 Å². The van der Waals surface area contributed by atoms with Crippen molar-refractivity contribution in [3.63, 3.8) is 0 Å². The second kappa shape index (κ2) is 17.3. The third-order valence-corrected chi connectivity index (χ3v) is 40.4. The molecule has 0 spiro atoms. The van der Waals surface area contributed by atoms with Crippen LogP contribution in [0.4, 0.5) is 0 Å². The van der Waals surface area contributed by atoms with Crippen molar-refractivity contribution < 1.29 is 39.0 Å². The molecule has 27 aromatic carbocycles. The van der Waals surface area contributed by atoms with Crippen molar-refractivity contribution in [2.45, 2.75) is 85.4 Å². The molecular weight excluding hydrogens is 1740 g/mol. The smallest absolute Gasteiger partial charge is 0.214 e. The Labute approximate surface area is 764 Å². The molecule has 19 aliphatic carbocycles. The van der Waals surface area contributed by atoms with Crippen molar-refractivity contribution in [2.24, 2.45) is 0 Å². The van der Waals surface area contributed by atoms with Gasteiger partial charge in [0.1, 0.15) is 0 Å². The first kappa shape index (κ1) is 63.4. The normalized spacial score (nSPS) is 24.5. The molecule has 0 N–H and O–H groups in total. The Morgan fingerprint density at radius 2 is 0.469 bits per heavy atom. The molecule has 0 nitrogen and oxygen atoms in total. The van der Waals surface area contributed by atoms with E-state index < -0.39 is 37.9 Å². The van der Waals surface area contributed by atoms with Gasteiger partial charge in [0.25, 0.3) is 0 Å². The summed E-state index contributed by atoms with van der Waals surface area (Å²) in [4.78, 5) is 0. The first-order valence-corrected chi connectivity index (χ1v) is 47.3. The zero-order chi connectivity index (χ0) is 81.0. The molecule has 130 heavy (non-hydrogen) atoms. The Hall–Kier alpha value is -13.6. The van der Waals surface area contributed by atoms with Crippen LogP contribution in [0.2, 0.25) is 0 Å². The summed E-state index contributed by atoms with van der Waals surface area (Å²) in [6.07, 6.45) is 0. The van der Waals surface area contributed by atoms with E-state index in [-0.39, 0.29) is 44.9 Å². The van der Waals surface area contributed by atoms with E-state index in [0.29, 0.717) is 0 Å². The predicted molar refractivity (Wildman–Crippen MR) is 520 cm³/mol. The summed E-state index contributed by atoms with van der Waals surface area (Å²) in [7, 11) is 0. The summed E-state index contributed by atoms with van der Waals surface area (Å²) in [6.45, 7) is 14.2. The van der Waals surface area contributed by atoms with Gasteiger partial charge in [-0.1, -0.05) is 209 Å². The van der Waals surface area contributed by atoms with Crippen LogP contribution in [0.1, 0.15) is 190 Å². The molecule has 8 atom stereocenters. The first-order valence-electron chi connectivity index (χ1n) is 47.3. The van der Waals surface area contributed by atoms with Crippen LogP contribution in [-0.4, -0.2) is 0 Å². The van der Waals surface area contributed by atoms with Gasteiger partial charge in [0.2, 0.25) is 0 Å². The third-order valence-electron chi connectivity index (χ3n) is 40.4. The summed E-state index contributed by atoms with van der Waals surface area (Å²) in [5.74, 6) is 0.000690. The molecule has 0 heterocycles. The molecule has 2 heteroatoms. The van der Waals surface area contributed by atoms with Gasteiger partial charge >= 0.3 is 39.0 Å². The van der Waals surface area contributed by atoms with Gasteiger partial charge in [-0.05, 0) is 418 Å². The van der Waals surface area contributed by atoms with Gasteiger partial charge in [-0.15, -0.1) is 0 Å². The van der Waals surface area contributed by atoms with E-state index in [4.69, 9.17) is 0 Å². The van der Waals surface area contributed by atoms with Crippen LogP contribution in [-0.2, 0) is 76.9 Å². The van der Waals surface area contributed by atoms with Gasteiger partial charge in [-0.2, -0.15) is 36.4 Å². The summed E-state index contributed by atoms with van der Waals surface area (Å²) >= 11 is 0. The second-order valence-electron chi connectivity index (χ2n) is 43.6. The van der Waals surface area contributed by atoms with Crippen LogP contribution in [0.5, 0.6) is 0 Å². The molecule has 0 aliphatic heterocycles. The van der Waals surface area contributed by atoms with E-state index in [0.717, 1.165) is 0 Å². The number of hydrogen-bond acceptors (Lipinski definition) is 0. The van der Waals surface area contributed by atoms with Gasteiger partial charge in [0, 0.05) is 5.92 Å². The number of aryl methyl sites for hydroxylation is 6. The maximum Gasteiger partial charge on any atom is 1.00 e. The van der Waals surface area contributed by atoms with E-state index in [1.54, 1.807) is 338 Å². The largest absolute Gasteiger partial charge is 1.00 e.